The van der Waals surface area contributed by atoms with Gasteiger partial charge in [-0.25, -0.2) is 4.98 Å². The summed E-state index contributed by atoms with van der Waals surface area (Å²) in [5.41, 5.74) is 4.76. The minimum atomic E-state index is -0.103. The number of aryl methyl sites for hydroxylation is 2. The lowest BCUT2D eigenvalue weighted by Gasteiger charge is -2.21. The van der Waals surface area contributed by atoms with Crippen LogP contribution in [0.2, 0.25) is 0 Å². The summed E-state index contributed by atoms with van der Waals surface area (Å²) in [4.78, 5) is 32.0. The van der Waals surface area contributed by atoms with E-state index in [4.69, 9.17) is 4.98 Å². The second-order valence-corrected chi connectivity index (χ2v) is 8.81. The standard InChI is InChI=1S/C26H25N3O2S/c1-18-14-19(2)16-21(15-18)29(26-28-22-10-6-7-11-23(22)32-26)25(31)12-13-27-24(30)17-20-8-4-3-5-9-20/h3-11,14-16H,12-13,17H2,1-2H3,(H,27,30). The highest BCUT2D eigenvalue weighted by molar-refractivity contribution is 7.22. The molecular weight excluding hydrogens is 418 g/mol. The highest BCUT2D eigenvalue weighted by atomic mass is 32.1. The van der Waals surface area contributed by atoms with Crippen molar-refractivity contribution in [3.05, 3.63) is 89.5 Å². The van der Waals surface area contributed by atoms with Crippen LogP contribution in [0.15, 0.2) is 72.8 Å². The molecule has 1 heterocycles. The van der Waals surface area contributed by atoms with Gasteiger partial charge in [0.2, 0.25) is 11.8 Å². The Morgan fingerprint density at radius 1 is 0.938 bits per heavy atom. The number of hydrogen-bond donors (Lipinski definition) is 1. The van der Waals surface area contributed by atoms with Gasteiger partial charge >= 0.3 is 0 Å². The second kappa shape index (κ2) is 9.75. The van der Waals surface area contributed by atoms with Crippen LogP contribution >= 0.6 is 11.3 Å². The molecule has 4 rings (SSSR count). The molecule has 1 N–H and O–H groups in total. The Kier molecular flexibility index (Phi) is 6.61. The fourth-order valence-corrected chi connectivity index (χ4v) is 4.67. The number of para-hydroxylation sites is 1. The first-order valence-corrected chi connectivity index (χ1v) is 11.4. The molecule has 0 spiro atoms. The van der Waals surface area contributed by atoms with E-state index in [9.17, 15) is 9.59 Å². The van der Waals surface area contributed by atoms with Crippen molar-refractivity contribution >= 4 is 44.2 Å². The van der Waals surface area contributed by atoms with E-state index in [-0.39, 0.29) is 24.8 Å². The monoisotopic (exact) mass is 443 g/mol. The van der Waals surface area contributed by atoms with E-state index in [0.29, 0.717) is 11.6 Å². The van der Waals surface area contributed by atoms with Crippen LogP contribution in [-0.2, 0) is 16.0 Å². The zero-order valence-electron chi connectivity index (χ0n) is 18.2. The van der Waals surface area contributed by atoms with E-state index < -0.39 is 0 Å². The number of hydrogen-bond acceptors (Lipinski definition) is 4. The number of carbonyl (C=O) groups is 2. The largest absolute Gasteiger partial charge is 0.355 e. The van der Waals surface area contributed by atoms with E-state index in [1.165, 1.54) is 11.3 Å². The smallest absolute Gasteiger partial charge is 0.235 e. The molecule has 3 aromatic carbocycles. The van der Waals surface area contributed by atoms with Crippen molar-refractivity contribution in [2.75, 3.05) is 11.4 Å². The summed E-state index contributed by atoms with van der Waals surface area (Å²) in [5.74, 6) is -0.198. The zero-order valence-corrected chi connectivity index (χ0v) is 19.0. The molecule has 0 aliphatic rings. The summed E-state index contributed by atoms with van der Waals surface area (Å²) in [6.45, 7) is 4.30. The summed E-state index contributed by atoms with van der Waals surface area (Å²) in [7, 11) is 0. The van der Waals surface area contributed by atoms with Gasteiger partial charge in [0.1, 0.15) is 0 Å². The third-order valence-corrected chi connectivity index (χ3v) is 6.08. The molecule has 162 valence electrons. The SMILES string of the molecule is Cc1cc(C)cc(N(C(=O)CCNC(=O)Cc2ccccc2)c2nc3ccccc3s2)c1. The maximum Gasteiger partial charge on any atom is 0.235 e. The van der Waals surface area contributed by atoms with Crippen LogP contribution in [0.25, 0.3) is 10.2 Å². The molecule has 0 aliphatic heterocycles. The first kappa shape index (κ1) is 21.7. The zero-order chi connectivity index (χ0) is 22.5. The predicted octanol–water partition coefficient (Wildman–Crippen LogP) is 5.33. The maximum atomic E-state index is 13.3. The van der Waals surface area contributed by atoms with Crippen molar-refractivity contribution in [3.63, 3.8) is 0 Å². The van der Waals surface area contributed by atoms with Crippen LogP contribution in [-0.4, -0.2) is 23.3 Å². The Hall–Kier alpha value is -3.51. The first-order chi connectivity index (χ1) is 15.5. The Morgan fingerprint density at radius 2 is 1.62 bits per heavy atom. The summed E-state index contributed by atoms with van der Waals surface area (Å²) in [6, 6.07) is 23.5. The summed E-state index contributed by atoms with van der Waals surface area (Å²) >= 11 is 1.49. The van der Waals surface area contributed by atoms with Crippen molar-refractivity contribution in [2.24, 2.45) is 0 Å². The molecule has 0 saturated carbocycles. The number of anilines is 2. The van der Waals surface area contributed by atoms with Gasteiger partial charge in [-0.15, -0.1) is 0 Å². The van der Waals surface area contributed by atoms with Crippen LogP contribution in [0.5, 0.6) is 0 Å². The molecule has 5 nitrogen and oxygen atoms in total. The van der Waals surface area contributed by atoms with Gasteiger partial charge in [0, 0.05) is 13.0 Å². The third-order valence-electron chi connectivity index (χ3n) is 5.06. The maximum absolute atomic E-state index is 13.3. The van der Waals surface area contributed by atoms with Crippen LogP contribution in [0.3, 0.4) is 0 Å². The lowest BCUT2D eigenvalue weighted by Crippen LogP contribution is -2.32. The average molecular weight is 444 g/mol. The Morgan fingerprint density at radius 3 is 2.34 bits per heavy atom. The number of nitrogens with one attached hydrogen (secondary N) is 1. The van der Waals surface area contributed by atoms with Crippen molar-refractivity contribution in [3.8, 4) is 0 Å². The Balaban J connectivity index is 1.51. The van der Waals surface area contributed by atoms with Gasteiger partial charge < -0.3 is 5.32 Å². The quantitative estimate of drug-likeness (QED) is 0.420. The van der Waals surface area contributed by atoms with Gasteiger partial charge in [-0.3, -0.25) is 14.5 Å². The molecule has 32 heavy (non-hydrogen) atoms. The number of rotatable bonds is 7. The fourth-order valence-electron chi connectivity index (χ4n) is 3.66. The molecule has 0 fully saturated rings. The van der Waals surface area contributed by atoms with Crippen LogP contribution in [0.4, 0.5) is 10.8 Å². The average Bonchev–Trinajstić information content (AvgIpc) is 3.17. The van der Waals surface area contributed by atoms with Crippen molar-refractivity contribution in [1.82, 2.24) is 10.3 Å². The van der Waals surface area contributed by atoms with Crippen LogP contribution in [0.1, 0.15) is 23.1 Å². The third kappa shape index (κ3) is 5.21. The highest BCUT2D eigenvalue weighted by Crippen LogP contribution is 2.34. The molecule has 0 atom stereocenters. The molecule has 1 aromatic heterocycles. The summed E-state index contributed by atoms with van der Waals surface area (Å²) < 4.78 is 1.03. The first-order valence-electron chi connectivity index (χ1n) is 10.6. The van der Waals surface area contributed by atoms with E-state index in [1.807, 2.05) is 80.6 Å². The minimum absolute atomic E-state index is 0.0954. The molecule has 0 radical (unpaired) electrons. The molecule has 6 heteroatoms. The van der Waals surface area contributed by atoms with Gasteiger partial charge in [-0.2, -0.15) is 0 Å². The predicted molar refractivity (Wildman–Crippen MR) is 130 cm³/mol. The Labute approximate surface area is 191 Å². The number of amides is 2. The van der Waals surface area contributed by atoms with E-state index >= 15 is 0 Å². The normalized spacial score (nSPS) is 10.8. The summed E-state index contributed by atoms with van der Waals surface area (Å²) in [6.07, 6.45) is 0.483. The molecule has 0 saturated heterocycles. The molecular formula is C26H25N3O2S. The number of benzene rings is 3. The van der Waals surface area contributed by atoms with Crippen molar-refractivity contribution in [1.29, 1.82) is 0 Å². The van der Waals surface area contributed by atoms with Gasteiger partial charge in [0.05, 0.1) is 22.3 Å². The highest BCUT2D eigenvalue weighted by Gasteiger charge is 2.22. The molecule has 0 aliphatic carbocycles. The number of thiazole rings is 1. The molecule has 0 unspecified atom stereocenters. The number of nitrogens with zero attached hydrogens (tertiary/aromatic N) is 2. The van der Waals surface area contributed by atoms with E-state index in [1.54, 1.807) is 4.90 Å². The summed E-state index contributed by atoms with van der Waals surface area (Å²) in [5, 5.41) is 3.50. The van der Waals surface area contributed by atoms with Crippen LogP contribution in [0, 0.1) is 13.8 Å². The molecule has 2 amide bonds. The number of aromatic nitrogens is 1. The van der Waals surface area contributed by atoms with E-state index in [0.717, 1.165) is 32.6 Å². The second-order valence-electron chi connectivity index (χ2n) is 7.80. The van der Waals surface area contributed by atoms with Crippen LogP contribution < -0.4 is 10.2 Å². The van der Waals surface area contributed by atoms with Crippen molar-refractivity contribution in [2.45, 2.75) is 26.7 Å². The van der Waals surface area contributed by atoms with E-state index in [2.05, 4.69) is 11.4 Å². The minimum Gasteiger partial charge on any atom is -0.355 e. The van der Waals surface area contributed by atoms with Crippen molar-refractivity contribution < 1.29 is 9.59 Å². The molecule has 0 bridgehead atoms. The van der Waals surface area contributed by atoms with Gasteiger partial charge in [-0.05, 0) is 54.8 Å². The van der Waals surface area contributed by atoms with Gasteiger partial charge in [0.15, 0.2) is 5.13 Å². The Bertz CT molecular complexity index is 1200. The van der Waals surface area contributed by atoms with Gasteiger partial charge in [-0.1, -0.05) is 59.9 Å². The molecule has 4 aromatic rings. The number of fused-ring (bicyclic) bond motifs is 1. The lowest BCUT2D eigenvalue weighted by molar-refractivity contribution is -0.120. The lowest BCUT2D eigenvalue weighted by atomic mass is 10.1. The van der Waals surface area contributed by atoms with Gasteiger partial charge in [0.25, 0.3) is 0 Å². The fraction of sp³-hybridized carbons (Fsp3) is 0.192. The topological polar surface area (TPSA) is 62.3 Å². The number of carbonyl (C=O) groups excluding carboxylic acids is 2.